The van der Waals surface area contributed by atoms with Crippen LogP contribution in [0.4, 0.5) is 0 Å². The molecule has 108 valence electrons. The molecular formula is C16H16N2O3. The van der Waals surface area contributed by atoms with Crippen LogP contribution in [-0.2, 0) is 11.3 Å². The van der Waals surface area contributed by atoms with Crippen LogP contribution in [0.2, 0.25) is 0 Å². The molecule has 0 radical (unpaired) electrons. The van der Waals surface area contributed by atoms with E-state index in [0.29, 0.717) is 17.9 Å². The lowest BCUT2D eigenvalue weighted by Gasteiger charge is -2.17. The summed E-state index contributed by atoms with van der Waals surface area (Å²) in [5.74, 6) is 1.25. The molecule has 5 heteroatoms. The summed E-state index contributed by atoms with van der Waals surface area (Å²) in [5.41, 5.74) is 1.53. The van der Waals surface area contributed by atoms with Gasteiger partial charge in [-0.1, -0.05) is 0 Å². The summed E-state index contributed by atoms with van der Waals surface area (Å²) in [6.07, 6.45) is 1.61. The van der Waals surface area contributed by atoms with E-state index < -0.39 is 0 Å². The van der Waals surface area contributed by atoms with Crippen molar-refractivity contribution in [2.24, 2.45) is 0 Å². The standard InChI is InChI=1S/C16H16N2O3/c1-12-14(7-8-20-12)10-18(2)16(19)11-21-15-5-3-13(9-17)4-6-15/h3-8H,10-11H2,1-2H3. The maximum atomic E-state index is 12.0. The summed E-state index contributed by atoms with van der Waals surface area (Å²) in [5, 5.41) is 8.70. The first-order valence-electron chi connectivity index (χ1n) is 6.50. The average molecular weight is 284 g/mol. The van der Waals surface area contributed by atoms with Gasteiger partial charge in [-0.25, -0.2) is 0 Å². The second-order valence-corrected chi connectivity index (χ2v) is 4.68. The van der Waals surface area contributed by atoms with Crippen LogP contribution in [0.25, 0.3) is 0 Å². The maximum Gasteiger partial charge on any atom is 0.260 e. The van der Waals surface area contributed by atoms with Gasteiger partial charge in [-0.2, -0.15) is 5.26 Å². The SMILES string of the molecule is Cc1occc1CN(C)C(=O)COc1ccc(C#N)cc1. The van der Waals surface area contributed by atoms with E-state index in [1.54, 1.807) is 42.5 Å². The van der Waals surface area contributed by atoms with E-state index in [1.165, 1.54) is 0 Å². The lowest BCUT2D eigenvalue weighted by Crippen LogP contribution is -2.31. The van der Waals surface area contributed by atoms with Crippen molar-refractivity contribution in [1.29, 1.82) is 5.26 Å². The fourth-order valence-corrected chi connectivity index (χ4v) is 1.80. The summed E-state index contributed by atoms with van der Waals surface area (Å²) >= 11 is 0. The fourth-order valence-electron chi connectivity index (χ4n) is 1.80. The van der Waals surface area contributed by atoms with Crippen molar-refractivity contribution in [3.63, 3.8) is 0 Å². The van der Waals surface area contributed by atoms with E-state index in [9.17, 15) is 4.79 Å². The Morgan fingerprint density at radius 2 is 2.05 bits per heavy atom. The highest BCUT2D eigenvalue weighted by Gasteiger charge is 2.12. The van der Waals surface area contributed by atoms with Crippen LogP contribution in [-0.4, -0.2) is 24.5 Å². The number of benzene rings is 1. The molecule has 0 aliphatic carbocycles. The van der Waals surface area contributed by atoms with Gasteiger partial charge >= 0.3 is 0 Å². The van der Waals surface area contributed by atoms with Crippen LogP contribution >= 0.6 is 0 Å². The van der Waals surface area contributed by atoms with Crippen LogP contribution in [0.1, 0.15) is 16.9 Å². The van der Waals surface area contributed by atoms with Gasteiger partial charge in [0.25, 0.3) is 5.91 Å². The first-order valence-corrected chi connectivity index (χ1v) is 6.50. The molecule has 1 aromatic carbocycles. The highest BCUT2D eigenvalue weighted by Crippen LogP contribution is 2.13. The van der Waals surface area contributed by atoms with Crippen molar-refractivity contribution in [3.05, 3.63) is 53.5 Å². The number of amides is 1. The van der Waals surface area contributed by atoms with Crippen LogP contribution in [0.5, 0.6) is 5.75 Å². The van der Waals surface area contributed by atoms with Gasteiger partial charge in [0.1, 0.15) is 11.5 Å². The number of carbonyl (C=O) groups is 1. The molecule has 0 saturated carbocycles. The smallest absolute Gasteiger partial charge is 0.260 e. The Bertz CT molecular complexity index is 653. The van der Waals surface area contributed by atoms with Crippen molar-refractivity contribution in [2.75, 3.05) is 13.7 Å². The molecule has 0 aliphatic rings. The van der Waals surface area contributed by atoms with Gasteiger partial charge in [0, 0.05) is 19.2 Å². The lowest BCUT2D eigenvalue weighted by molar-refractivity contribution is -0.132. The van der Waals surface area contributed by atoms with Crippen molar-refractivity contribution in [2.45, 2.75) is 13.5 Å². The van der Waals surface area contributed by atoms with E-state index in [4.69, 9.17) is 14.4 Å². The third-order valence-corrected chi connectivity index (χ3v) is 3.15. The van der Waals surface area contributed by atoms with Gasteiger partial charge in [-0.05, 0) is 37.3 Å². The minimum Gasteiger partial charge on any atom is -0.484 e. The summed E-state index contributed by atoms with van der Waals surface area (Å²) < 4.78 is 10.6. The van der Waals surface area contributed by atoms with Crippen molar-refractivity contribution in [3.8, 4) is 11.8 Å². The molecular weight excluding hydrogens is 268 g/mol. The Labute approximate surface area is 123 Å². The number of aryl methyl sites for hydroxylation is 1. The number of nitrogens with zero attached hydrogens (tertiary/aromatic N) is 2. The Kier molecular flexibility index (Phi) is 4.62. The Morgan fingerprint density at radius 3 is 2.62 bits per heavy atom. The molecule has 0 unspecified atom stereocenters. The largest absolute Gasteiger partial charge is 0.484 e. The summed E-state index contributed by atoms with van der Waals surface area (Å²) in [6.45, 7) is 2.30. The molecule has 0 fully saturated rings. The molecule has 0 saturated heterocycles. The van der Waals surface area contributed by atoms with Gasteiger partial charge < -0.3 is 14.1 Å². The molecule has 0 spiro atoms. The molecule has 1 aromatic heterocycles. The Balaban J connectivity index is 1.86. The number of likely N-dealkylation sites (N-methyl/N-ethyl adjacent to an activating group) is 1. The summed E-state index contributed by atoms with van der Waals surface area (Å²) in [4.78, 5) is 13.6. The number of rotatable bonds is 5. The minimum absolute atomic E-state index is 0.0424. The Hall–Kier alpha value is -2.74. The van der Waals surface area contributed by atoms with Crippen LogP contribution in [0.3, 0.4) is 0 Å². The van der Waals surface area contributed by atoms with Gasteiger partial charge in [0.05, 0.1) is 17.9 Å². The number of hydrogen-bond acceptors (Lipinski definition) is 4. The number of furan rings is 1. The van der Waals surface area contributed by atoms with Gasteiger partial charge in [-0.3, -0.25) is 4.79 Å². The third kappa shape index (κ3) is 3.86. The van der Waals surface area contributed by atoms with Gasteiger partial charge in [0.2, 0.25) is 0 Å². The minimum atomic E-state index is -0.125. The second kappa shape index (κ2) is 6.62. The highest BCUT2D eigenvalue weighted by atomic mass is 16.5. The predicted octanol–water partition coefficient (Wildman–Crippen LogP) is 2.50. The third-order valence-electron chi connectivity index (χ3n) is 3.15. The summed E-state index contributed by atoms with van der Waals surface area (Å²) in [7, 11) is 1.72. The molecule has 1 heterocycles. The van der Waals surface area contributed by atoms with Crippen LogP contribution < -0.4 is 4.74 Å². The van der Waals surface area contributed by atoms with Gasteiger partial charge in [-0.15, -0.1) is 0 Å². The molecule has 1 amide bonds. The molecule has 21 heavy (non-hydrogen) atoms. The van der Waals surface area contributed by atoms with E-state index in [-0.39, 0.29) is 12.5 Å². The summed E-state index contributed by atoms with van der Waals surface area (Å²) in [6, 6.07) is 10.5. The zero-order valence-electron chi connectivity index (χ0n) is 12.0. The monoisotopic (exact) mass is 284 g/mol. The number of hydrogen-bond donors (Lipinski definition) is 0. The molecule has 2 rings (SSSR count). The lowest BCUT2D eigenvalue weighted by atomic mass is 10.2. The molecule has 2 aromatic rings. The number of ether oxygens (including phenoxy) is 1. The average Bonchev–Trinajstić information content (AvgIpc) is 2.90. The van der Waals surface area contributed by atoms with Gasteiger partial charge in [0.15, 0.2) is 6.61 Å². The molecule has 5 nitrogen and oxygen atoms in total. The second-order valence-electron chi connectivity index (χ2n) is 4.68. The normalized spacial score (nSPS) is 9.95. The molecule has 0 bridgehead atoms. The first kappa shape index (κ1) is 14.7. The predicted molar refractivity (Wildman–Crippen MR) is 76.6 cm³/mol. The van der Waals surface area contributed by atoms with Crippen molar-refractivity contribution < 1.29 is 13.9 Å². The molecule has 0 atom stereocenters. The maximum absolute atomic E-state index is 12.0. The zero-order valence-corrected chi connectivity index (χ0v) is 12.0. The van der Waals surface area contributed by atoms with E-state index in [2.05, 4.69) is 0 Å². The highest BCUT2D eigenvalue weighted by molar-refractivity contribution is 5.77. The van der Waals surface area contributed by atoms with E-state index in [1.807, 2.05) is 19.1 Å². The van der Waals surface area contributed by atoms with Crippen LogP contribution in [0.15, 0.2) is 41.0 Å². The zero-order chi connectivity index (χ0) is 15.2. The number of carbonyl (C=O) groups excluding carboxylic acids is 1. The molecule has 0 aliphatic heterocycles. The Morgan fingerprint density at radius 1 is 1.33 bits per heavy atom. The van der Waals surface area contributed by atoms with Crippen molar-refractivity contribution in [1.82, 2.24) is 4.90 Å². The fraction of sp³-hybridized carbons (Fsp3) is 0.250. The van der Waals surface area contributed by atoms with Crippen LogP contribution in [0, 0.1) is 18.3 Å². The van der Waals surface area contributed by atoms with E-state index in [0.717, 1.165) is 11.3 Å². The number of nitriles is 1. The topological polar surface area (TPSA) is 66.5 Å². The van der Waals surface area contributed by atoms with Crippen molar-refractivity contribution >= 4 is 5.91 Å². The molecule has 0 N–H and O–H groups in total. The quantitative estimate of drug-likeness (QED) is 0.846. The van der Waals surface area contributed by atoms with E-state index >= 15 is 0 Å². The first-order chi connectivity index (χ1) is 10.1.